The Hall–Kier alpha value is -1.18. The maximum Gasteiger partial charge on any atom is 0.0527 e. The van der Waals surface area contributed by atoms with E-state index in [0.717, 1.165) is 6.42 Å². The van der Waals surface area contributed by atoms with E-state index in [1.807, 2.05) is 18.2 Å². The van der Waals surface area contributed by atoms with Crippen molar-refractivity contribution in [1.82, 2.24) is 0 Å². The average Bonchev–Trinajstić information content (AvgIpc) is 1.87. The minimum absolute atomic E-state index is 1.00. The predicted molar refractivity (Wildman–Crippen MR) is 41.5 cm³/mol. The fourth-order valence-corrected chi connectivity index (χ4v) is 0.665. The van der Waals surface area contributed by atoms with Crippen LogP contribution >= 0.6 is 0 Å². The van der Waals surface area contributed by atoms with E-state index in [1.165, 1.54) is 5.57 Å². The summed E-state index contributed by atoms with van der Waals surface area (Å²) in [6, 6.07) is 0. The normalized spacial score (nSPS) is 19.5. The molecule has 0 spiro atoms. The van der Waals surface area contributed by atoms with Gasteiger partial charge in [0.05, 0.1) is 6.20 Å². The van der Waals surface area contributed by atoms with E-state index in [1.54, 1.807) is 12.4 Å². The van der Waals surface area contributed by atoms with Gasteiger partial charge in [-0.05, 0) is 18.1 Å². The van der Waals surface area contributed by atoms with Crippen molar-refractivity contribution in [1.29, 1.82) is 0 Å². The second-order valence-corrected chi connectivity index (χ2v) is 1.99. The minimum Gasteiger partial charge on any atom is -0.159 e. The van der Waals surface area contributed by atoms with Crippen LogP contribution < -0.4 is 0 Å². The molecule has 0 aromatic rings. The Balaban J connectivity index is 2.73. The van der Waals surface area contributed by atoms with E-state index in [4.69, 9.17) is 0 Å². The smallest absolute Gasteiger partial charge is 0.0527 e. The van der Waals surface area contributed by atoms with Crippen molar-refractivity contribution in [2.75, 3.05) is 0 Å². The van der Waals surface area contributed by atoms with Crippen molar-refractivity contribution < 1.29 is 0 Å². The molecule has 0 bridgehead atoms. The fourth-order valence-electron chi connectivity index (χ4n) is 0.665. The van der Waals surface area contributed by atoms with Crippen LogP contribution in [0.25, 0.3) is 0 Å². The number of hydrogen-bond acceptors (Lipinski definition) is 2. The van der Waals surface area contributed by atoms with E-state index < -0.39 is 0 Å². The SMILES string of the molecule is CCC1=CN=N/C=C/C=C1. The first-order chi connectivity index (χ1) is 4.93. The summed E-state index contributed by atoms with van der Waals surface area (Å²) < 4.78 is 0. The van der Waals surface area contributed by atoms with Gasteiger partial charge >= 0.3 is 0 Å². The second kappa shape index (κ2) is 3.77. The minimum atomic E-state index is 1.00. The Labute approximate surface area is 60.7 Å². The van der Waals surface area contributed by atoms with Crippen molar-refractivity contribution in [3.8, 4) is 0 Å². The van der Waals surface area contributed by atoms with Crippen LogP contribution in [0.1, 0.15) is 13.3 Å². The predicted octanol–water partition coefficient (Wildman–Crippen LogP) is 2.82. The number of nitrogens with zero attached hydrogens (tertiary/aromatic N) is 2. The highest BCUT2D eigenvalue weighted by Gasteiger charge is 1.85. The summed E-state index contributed by atoms with van der Waals surface area (Å²) in [5.41, 5.74) is 1.20. The first-order valence-corrected chi connectivity index (χ1v) is 3.35. The van der Waals surface area contributed by atoms with Crippen LogP contribution in [0.4, 0.5) is 0 Å². The van der Waals surface area contributed by atoms with Crippen LogP contribution in [0.3, 0.4) is 0 Å². The highest BCUT2D eigenvalue weighted by molar-refractivity contribution is 5.22. The first-order valence-electron chi connectivity index (χ1n) is 3.35. The molecule has 10 heavy (non-hydrogen) atoms. The third kappa shape index (κ3) is 1.97. The van der Waals surface area contributed by atoms with Gasteiger partial charge in [-0.3, -0.25) is 0 Å². The molecule has 2 heteroatoms. The summed E-state index contributed by atoms with van der Waals surface area (Å²) in [6.07, 6.45) is 10.3. The van der Waals surface area contributed by atoms with Gasteiger partial charge in [0.25, 0.3) is 0 Å². The van der Waals surface area contributed by atoms with E-state index in [-0.39, 0.29) is 0 Å². The van der Waals surface area contributed by atoms with Crippen molar-refractivity contribution in [2.45, 2.75) is 13.3 Å². The Morgan fingerprint density at radius 1 is 1.30 bits per heavy atom. The quantitative estimate of drug-likeness (QED) is 0.526. The lowest BCUT2D eigenvalue weighted by molar-refractivity contribution is 1.10. The lowest BCUT2D eigenvalue weighted by Gasteiger charge is -1.92. The van der Waals surface area contributed by atoms with Crippen LogP contribution in [0.2, 0.25) is 0 Å². The Morgan fingerprint density at radius 3 is 3.00 bits per heavy atom. The summed E-state index contributed by atoms with van der Waals surface area (Å²) in [4.78, 5) is 0. The molecule has 1 aliphatic heterocycles. The van der Waals surface area contributed by atoms with Gasteiger partial charge in [-0.15, -0.1) is 0 Å². The maximum absolute atomic E-state index is 3.81. The molecule has 0 fully saturated rings. The summed E-state index contributed by atoms with van der Waals surface area (Å²) in [5.74, 6) is 0. The molecule has 0 aromatic carbocycles. The van der Waals surface area contributed by atoms with Gasteiger partial charge in [0, 0.05) is 6.20 Å². The number of allylic oxidation sites excluding steroid dienone is 4. The number of azo groups is 1. The molecule has 2 nitrogen and oxygen atoms in total. The first kappa shape index (κ1) is 6.93. The second-order valence-electron chi connectivity index (χ2n) is 1.99. The molecule has 0 unspecified atom stereocenters. The van der Waals surface area contributed by atoms with Crippen LogP contribution in [-0.2, 0) is 0 Å². The molecule has 1 rings (SSSR count). The van der Waals surface area contributed by atoms with Crippen LogP contribution in [-0.4, -0.2) is 0 Å². The molecule has 0 amide bonds. The van der Waals surface area contributed by atoms with Crippen LogP contribution in [0.5, 0.6) is 0 Å². The van der Waals surface area contributed by atoms with Gasteiger partial charge in [-0.1, -0.05) is 19.1 Å². The Morgan fingerprint density at radius 2 is 2.20 bits per heavy atom. The molecular formula is C8H10N2. The van der Waals surface area contributed by atoms with Gasteiger partial charge < -0.3 is 0 Å². The van der Waals surface area contributed by atoms with E-state index >= 15 is 0 Å². The van der Waals surface area contributed by atoms with Gasteiger partial charge in [0.15, 0.2) is 0 Å². The molecule has 0 radical (unpaired) electrons. The Kier molecular flexibility index (Phi) is 2.62. The summed E-state index contributed by atoms with van der Waals surface area (Å²) >= 11 is 0. The summed E-state index contributed by atoms with van der Waals surface area (Å²) in [7, 11) is 0. The zero-order chi connectivity index (χ0) is 7.23. The van der Waals surface area contributed by atoms with Crippen molar-refractivity contribution in [3.05, 3.63) is 36.2 Å². The molecule has 1 aliphatic rings. The molecule has 0 atom stereocenters. The highest BCUT2D eigenvalue weighted by Crippen LogP contribution is 2.04. The molecule has 0 aromatic heterocycles. The van der Waals surface area contributed by atoms with Gasteiger partial charge in [-0.25, -0.2) is 0 Å². The maximum atomic E-state index is 3.81. The number of rotatable bonds is 1. The molecule has 0 N–H and O–H groups in total. The van der Waals surface area contributed by atoms with E-state index in [2.05, 4.69) is 17.2 Å². The number of hydrogen-bond donors (Lipinski definition) is 0. The third-order valence-electron chi connectivity index (χ3n) is 1.27. The molecule has 0 saturated carbocycles. The largest absolute Gasteiger partial charge is 0.159 e. The molecule has 0 aliphatic carbocycles. The van der Waals surface area contributed by atoms with Crippen LogP contribution in [0, 0.1) is 0 Å². The fraction of sp³-hybridized carbons (Fsp3) is 0.250. The lowest BCUT2D eigenvalue weighted by atomic mass is 10.2. The van der Waals surface area contributed by atoms with Crippen molar-refractivity contribution >= 4 is 0 Å². The van der Waals surface area contributed by atoms with E-state index in [0.29, 0.717) is 0 Å². The highest BCUT2D eigenvalue weighted by atomic mass is 15.1. The average molecular weight is 134 g/mol. The van der Waals surface area contributed by atoms with Gasteiger partial charge in [0.1, 0.15) is 0 Å². The Bertz CT molecular complexity index is 209. The standard InChI is InChI=1S/C8H10N2/c1-2-8-5-3-4-6-9-10-7-8/h3-7H,2H2,1H3/b4-3?,5-3?,6-4+,8-5?,8-7?,9-6?,10-7?,10-9?. The molecule has 0 saturated heterocycles. The zero-order valence-corrected chi connectivity index (χ0v) is 5.99. The molecular weight excluding hydrogens is 124 g/mol. The zero-order valence-electron chi connectivity index (χ0n) is 5.99. The summed E-state index contributed by atoms with van der Waals surface area (Å²) in [5, 5.41) is 7.55. The van der Waals surface area contributed by atoms with Crippen molar-refractivity contribution in [2.24, 2.45) is 10.2 Å². The molecule has 52 valence electrons. The van der Waals surface area contributed by atoms with Gasteiger partial charge in [0.2, 0.25) is 0 Å². The third-order valence-corrected chi connectivity index (χ3v) is 1.27. The summed E-state index contributed by atoms with van der Waals surface area (Å²) in [6.45, 7) is 2.09. The monoisotopic (exact) mass is 134 g/mol. The van der Waals surface area contributed by atoms with Crippen molar-refractivity contribution in [3.63, 3.8) is 0 Å². The lowest BCUT2D eigenvalue weighted by Crippen LogP contribution is -1.72. The van der Waals surface area contributed by atoms with Gasteiger partial charge in [-0.2, -0.15) is 10.2 Å². The molecule has 1 heterocycles. The van der Waals surface area contributed by atoms with Crippen LogP contribution in [0.15, 0.2) is 46.4 Å². The topological polar surface area (TPSA) is 24.7 Å². The van der Waals surface area contributed by atoms with E-state index in [9.17, 15) is 0 Å².